The molecule has 4 rings (SSSR count). The lowest BCUT2D eigenvalue weighted by atomic mass is 9.92. The summed E-state index contributed by atoms with van der Waals surface area (Å²) in [7, 11) is -3.17. The van der Waals surface area contributed by atoms with Crippen molar-refractivity contribution in [3.8, 4) is 0 Å². The Bertz CT molecular complexity index is 323. The fourth-order valence-corrected chi connectivity index (χ4v) is 4.68. The molecular weight excluding hydrogens is 205 g/mol. The molecule has 1 atom stereocenters. The van der Waals surface area contributed by atoms with Crippen LogP contribution in [-0.4, -0.2) is 29.5 Å². The summed E-state index contributed by atoms with van der Waals surface area (Å²) in [6.45, 7) is 5.76. The minimum atomic E-state index is -3.17. The van der Waals surface area contributed by atoms with Gasteiger partial charge < -0.3 is 0 Å². The van der Waals surface area contributed by atoms with Gasteiger partial charge in [-0.15, -0.1) is 0 Å². The van der Waals surface area contributed by atoms with Gasteiger partial charge in [0, 0.05) is 13.0 Å². The maximum atomic E-state index is 11.6. The molecule has 0 aromatic heterocycles. The van der Waals surface area contributed by atoms with Crippen LogP contribution in [0.1, 0.15) is 26.7 Å². The Morgan fingerprint density at radius 2 is 2.14 bits per heavy atom. The third-order valence-corrected chi connectivity index (χ3v) is 5.05. The van der Waals surface area contributed by atoms with Gasteiger partial charge in [-0.1, -0.05) is 6.92 Å². The lowest BCUT2D eigenvalue weighted by Crippen LogP contribution is -2.64. The summed E-state index contributed by atoms with van der Waals surface area (Å²) in [5, 5.41) is 0. The fraction of sp³-hybridized carbons (Fsp3) is 1.00. The number of likely N-dealkylation sites (N-methyl/N-ethyl adjacent to an activating group) is 1. The van der Waals surface area contributed by atoms with Crippen LogP contribution in [-0.2, 0) is 18.1 Å². The Labute approximate surface area is 82.9 Å². The van der Waals surface area contributed by atoms with Crippen molar-refractivity contribution in [1.29, 1.82) is 0 Å². The van der Waals surface area contributed by atoms with Gasteiger partial charge in [0.05, 0.1) is 0 Å². The Hall–Kier alpha value is 0.0700. The Balaban J connectivity index is 2.02. The number of rotatable bonds is 1. The normalized spacial score (nSPS) is 56.7. The van der Waals surface area contributed by atoms with Crippen LogP contribution in [0.2, 0.25) is 0 Å². The number of piperidine rings is 1. The average Bonchev–Trinajstić information content (AvgIpc) is 2.43. The van der Waals surface area contributed by atoms with Crippen LogP contribution in [0.4, 0.5) is 0 Å². The van der Waals surface area contributed by atoms with Gasteiger partial charge in [0.15, 0.2) is 5.72 Å². The van der Waals surface area contributed by atoms with E-state index in [0.717, 1.165) is 25.9 Å². The molecular formula is C8H14NO4P. The molecule has 0 aliphatic carbocycles. The van der Waals surface area contributed by atoms with Crippen LogP contribution < -0.4 is 0 Å². The highest BCUT2D eigenvalue weighted by molar-refractivity contribution is 7.50. The number of phosphoric ester groups is 1. The van der Waals surface area contributed by atoms with E-state index in [-0.39, 0.29) is 0 Å². The van der Waals surface area contributed by atoms with E-state index in [9.17, 15) is 4.57 Å². The van der Waals surface area contributed by atoms with Gasteiger partial charge in [-0.3, -0.25) is 9.42 Å². The van der Waals surface area contributed by atoms with Crippen molar-refractivity contribution in [2.75, 3.05) is 13.1 Å². The molecule has 0 aromatic carbocycles. The zero-order chi connectivity index (χ0) is 10.0. The SMILES string of the molecule is CCN1CCCC23OP(=O)(O2)OC13C. The van der Waals surface area contributed by atoms with Gasteiger partial charge in [-0.05, 0) is 19.9 Å². The van der Waals surface area contributed by atoms with Gasteiger partial charge in [0.25, 0.3) is 0 Å². The van der Waals surface area contributed by atoms with Crippen molar-refractivity contribution < 1.29 is 18.1 Å². The van der Waals surface area contributed by atoms with Crippen molar-refractivity contribution in [3.05, 3.63) is 0 Å². The maximum absolute atomic E-state index is 11.6. The van der Waals surface area contributed by atoms with Crippen LogP contribution >= 0.6 is 7.82 Å². The summed E-state index contributed by atoms with van der Waals surface area (Å²) in [5.41, 5.74) is -0.643. The third-order valence-electron chi connectivity index (χ3n) is 3.43. The molecule has 1 unspecified atom stereocenters. The lowest BCUT2D eigenvalue weighted by Gasteiger charge is -2.48. The zero-order valence-corrected chi connectivity index (χ0v) is 9.25. The van der Waals surface area contributed by atoms with Gasteiger partial charge >= 0.3 is 7.82 Å². The standard InChI is InChI=1S/C8H14NO4P/c1-3-9-6-4-5-8-7(9,2)11-14(10,12-8)13-8/h3-6H2,1-2H3. The number of nitrogens with zero attached hydrogens (tertiary/aromatic N) is 1. The molecule has 0 saturated carbocycles. The average molecular weight is 219 g/mol. The summed E-state index contributed by atoms with van der Waals surface area (Å²) in [4.78, 5) is 2.13. The van der Waals surface area contributed by atoms with E-state index >= 15 is 0 Å². The van der Waals surface area contributed by atoms with E-state index in [1.807, 2.05) is 6.92 Å². The van der Waals surface area contributed by atoms with E-state index in [2.05, 4.69) is 11.8 Å². The van der Waals surface area contributed by atoms with E-state index in [4.69, 9.17) is 13.6 Å². The molecule has 4 aliphatic rings. The largest absolute Gasteiger partial charge is 0.482 e. The molecule has 4 aliphatic heterocycles. The van der Waals surface area contributed by atoms with Crippen LogP contribution in [0.5, 0.6) is 0 Å². The fourth-order valence-electron chi connectivity index (χ4n) is 2.66. The molecule has 80 valence electrons. The zero-order valence-electron chi connectivity index (χ0n) is 8.36. The summed E-state index contributed by atoms with van der Waals surface area (Å²) in [5.74, 6) is -0.753. The summed E-state index contributed by atoms with van der Waals surface area (Å²) >= 11 is 0. The first-order valence-corrected chi connectivity index (χ1v) is 6.47. The second-order valence-corrected chi connectivity index (χ2v) is 5.58. The highest BCUT2D eigenvalue weighted by Crippen LogP contribution is 2.79. The molecule has 6 heteroatoms. The number of phosphoric acid groups is 1. The predicted octanol–water partition coefficient (Wildman–Crippen LogP) is 1.70. The molecule has 5 nitrogen and oxygen atoms in total. The van der Waals surface area contributed by atoms with Crippen LogP contribution in [0.3, 0.4) is 0 Å². The number of hydrogen-bond acceptors (Lipinski definition) is 5. The molecule has 4 heterocycles. The Morgan fingerprint density at radius 1 is 1.43 bits per heavy atom. The monoisotopic (exact) mass is 219 g/mol. The molecule has 14 heavy (non-hydrogen) atoms. The Morgan fingerprint density at radius 3 is 2.79 bits per heavy atom. The molecule has 4 saturated heterocycles. The van der Waals surface area contributed by atoms with Crippen LogP contribution in [0.25, 0.3) is 0 Å². The molecule has 1 spiro atoms. The molecule has 2 bridgehead atoms. The first-order valence-electron chi connectivity index (χ1n) is 5.01. The summed E-state index contributed by atoms with van der Waals surface area (Å²) < 4.78 is 27.7. The van der Waals surface area contributed by atoms with E-state index in [1.165, 1.54) is 0 Å². The van der Waals surface area contributed by atoms with Crippen LogP contribution in [0.15, 0.2) is 0 Å². The van der Waals surface area contributed by atoms with Gasteiger partial charge in [-0.2, -0.15) is 0 Å². The van der Waals surface area contributed by atoms with E-state index < -0.39 is 19.3 Å². The smallest absolute Gasteiger partial charge is 0.271 e. The quantitative estimate of drug-likeness (QED) is 0.628. The summed E-state index contributed by atoms with van der Waals surface area (Å²) in [6.07, 6.45) is 1.76. The van der Waals surface area contributed by atoms with Crippen molar-refractivity contribution in [1.82, 2.24) is 4.90 Å². The van der Waals surface area contributed by atoms with E-state index in [0.29, 0.717) is 0 Å². The van der Waals surface area contributed by atoms with Gasteiger partial charge in [0.2, 0.25) is 5.79 Å². The second kappa shape index (κ2) is 2.42. The third kappa shape index (κ3) is 0.836. The maximum Gasteiger partial charge on any atom is 0.482 e. The molecule has 0 amide bonds. The van der Waals surface area contributed by atoms with Gasteiger partial charge in [0.1, 0.15) is 0 Å². The minimum absolute atomic E-state index is 0.643. The van der Waals surface area contributed by atoms with Crippen molar-refractivity contribution in [2.24, 2.45) is 0 Å². The van der Waals surface area contributed by atoms with E-state index in [1.54, 1.807) is 0 Å². The van der Waals surface area contributed by atoms with Crippen molar-refractivity contribution in [3.63, 3.8) is 0 Å². The molecule has 4 fully saturated rings. The van der Waals surface area contributed by atoms with Crippen molar-refractivity contribution >= 4 is 7.82 Å². The number of hydrogen-bond donors (Lipinski definition) is 0. The van der Waals surface area contributed by atoms with Gasteiger partial charge in [-0.25, -0.2) is 13.6 Å². The minimum Gasteiger partial charge on any atom is -0.271 e. The topological polar surface area (TPSA) is 48.0 Å². The predicted molar refractivity (Wildman–Crippen MR) is 48.5 cm³/mol. The van der Waals surface area contributed by atoms with Crippen LogP contribution in [0, 0.1) is 0 Å². The first-order chi connectivity index (χ1) is 6.54. The first kappa shape index (κ1) is 9.31. The highest BCUT2D eigenvalue weighted by Gasteiger charge is 2.79. The van der Waals surface area contributed by atoms with Crippen molar-refractivity contribution in [2.45, 2.75) is 38.2 Å². The number of likely N-dealkylation sites (tertiary alicyclic amines) is 1. The Kier molecular flexibility index (Phi) is 1.61. The highest BCUT2D eigenvalue weighted by atomic mass is 31.2. The molecule has 0 radical (unpaired) electrons. The lowest BCUT2D eigenvalue weighted by molar-refractivity contribution is -0.269. The molecule has 0 aromatic rings. The molecule has 0 N–H and O–H groups in total. The summed E-state index contributed by atoms with van der Waals surface area (Å²) in [6, 6.07) is 0. The second-order valence-electron chi connectivity index (χ2n) is 4.14.